The van der Waals surface area contributed by atoms with Gasteiger partial charge in [0.25, 0.3) is 0 Å². The van der Waals surface area contributed by atoms with Gasteiger partial charge in [-0.1, -0.05) is 30.3 Å². The molecule has 1 heterocycles. The van der Waals surface area contributed by atoms with Crippen molar-refractivity contribution in [2.24, 2.45) is 0 Å². The van der Waals surface area contributed by atoms with E-state index in [1.165, 1.54) is 16.0 Å². The van der Waals surface area contributed by atoms with Crippen LogP contribution in [-0.2, 0) is 66.3 Å². The third kappa shape index (κ3) is 48.5. The third-order valence-electron chi connectivity index (χ3n) is 10.5. The zero-order valence-electron chi connectivity index (χ0n) is 47.5. The number of thiophene rings is 1. The topological polar surface area (TPSA) is 275 Å². The maximum Gasteiger partial charge on any atom is 0.0701 e. The Balaban J connectivity index is 0.000000866. The first-order valence-corrected chi connectivity index (χ1v) is 29.0. The Labute approximate surface area is 480 Å². The van der Waals surface area contributed by atoms with E-state index in [-0.39, 0.29) is 45.6 Å². The predicted octanol–water partition coefficient (Wildman–Crippen LogP) is 3.47. The standard InChI is InChI=1S/C37H56N2O10S.2C10H22O5/c40-13-17-44-21-25-48-29-27-46-23-19-42-15-11-38-34-7-3-32(4-8-34)37(36-2-1-31-50-36)33-5-9-35(10-6-33)39-12-16-43-20-24-47-28-30-49-26-22-45-18-14-41;2*11-3-7-13-5-1-2-6-14-9-10-15-8-4-12/h1-10,31,37-41H,11-30H2;2*11-12H,1-10H2. The van der Waals surface area contributed by atoms with Gasteiger partial charge in [0.2, 0.25) is 0 Å². The van der Waals surface area contributed by atoms with Crippen LogP contribution in [0.1, 0.15) is 47.6 Å². The number of hydrogen-bond acceptors (Lipinski definition) is 23. The molecule has 22 nitrogen and oxygen atoms in total. The van der Waals surface area contributed by atoms with Crippen LogP contribution < -0.4 is 10.6 Å². The fourth-order valence-electron chi connectivity index (χ4n) is 6.67. The summed E-state index contributed by atoms with van der Waals surface area (Å²) in [6.45, 7) is 16.2. The molecule has 0 fully saturated rings. The van der Waals surface area contributed by atoms with Crippen LogP contribution in [0.25, 0.3) is 0 Å². The van der Waals surface area contributed by atoms with Gasteiger partial charge in [-0.15, -0.1) is 11.3 Å². The number of rotatable bonds is 57. The fraction of sp³-hybridized carbons (Fsp3) is 0.719. The van der Waals surface area contributed by atoms with E-state index < -0.39 is 0 Å². The first kappa shape index (κ1) is 75.0. The highest BCUT2D eigenvalue weighted by Crippen LogP contribution is 2.35. The Morgan fingerprint density at radius 1 is 0.287 bits per heavy atom. The molecule has 0 aliphatic rings. The lowest BCUT2D eigenvalue weighted by Gasteiger charge is -2.18. The van der Waals surface area contributed by atoms with Crippen LogP contribution in [0.5, 0.6) is 0 Å². The lowest BCUT2D eigenvalue weighted by atomic mass is 9.89. The highest BCUT2D eigenvalue weighted by atomic mass is 32.1. The van der Waals surface area contributed by atoms with E-state index in [0.717, 1.165) is 37.1 Å². The highest BCUT2D eigenvalue weighted by Gasteiger charge is 2.18. The molecule has 0 aliphatic carbocycles. The summed E-state index contributed by atoms with van der Waals surface area (Å²) in [7, 11) is 0. The Bertz CT molecular complexity index is 1500. The van der Waals surface area contributed by atoms with Crippen LogP contribution in [-0.4, -0.2) is 268 Å². The summed E-state index contributed by atoms with van der Waals surface area (Å²) in [6.07, 6.45) is 3.78. The minimum atomic E-state index is 0.0261. The number of aliphatic hydroxyl groups excluding tert-OH is 6. The first-order chi connectivity index (χ1) is 39.6. The molecule has 0 atom stereocenters. The zero-order chi connectivity index (χ0) is 57.5. The largest absolute Gasteiger partial charge is 0.394 e. The monoisotopic (exact) mass is 1160 g/mol. The summed E-state index contributed by atoms with van der Waals surface area (Å²) in [5, 5.41) is 60.0. The number of aliphatic hydroxyl groups is 6. The maximum absolute atomic E-state index is 8.65. The quantitative estimate of drug-likeness (QED) is 0.0376. The van der Waals surface area contributed by atoms with Crippen LogP contribution in [0.15, 0.2) is 66.0 Å². The molecule has 0 bridgehead atoms. The average Bonchev–Trinajstić information content (AvgIpc) is 4.02. The number of hydrogen-bond donors (Lipinski definition) is 8. The summed E-state index contributed by atoms with van der Waals surface area (Å²) in [4.78, 5) is 1.30. The number of benzene rings is 2. The van der Waals surface area contributed by atoms with E-state index in [1.54, 1.807) is 11.3 Å². The Morgan fingerprint density at radius 3 is 0.775 bits per heavy atom. The zero-order valence-corrected chi connectivity index (χ0v) is 48.3. The lowest BCUT2D eigenvalue weighted by Crippen LogP contribution is -2.15. The van der Waals surface area contributed by atoms with E-state index in [2.05, 4.69) is 76.7 Å². The molecule has 0 saturated heterocycles. The van der Waals surface area contributed by atoms with E-state index in [9.17, 15) is 0 Å². The molecule has 1 aromatic heterocycles. The maximum atomic E-state index is 8.65. The second kappa shape index (κ2) is 62.0. The Hall–Kier alpha value is -3.06. The van der Waals surface area contributed by atoms with Gasteiger partial charge in [-0.05, 0) is 72.5 Å². The summed E-state index contributed by atoms with van der Waals surface area (Å²) in [5.74, 6) is 0.153. The molecule has 0 spiro atoms. The van der Waals surface area contributed by atoms with Crippen LogP contribution >= 0.6 is 11.3 Å². The smallest absolute Gasteiger partial charge is 0.0701 e. The van der Waals surface area contributed by atoms with Crippen molar-refractivity contribution in [1.82, 2.24) is 0 Å². The fourth-order valence-corrected chi connectivity index (χ4v) is 7.55. The van der Waals surface area contributed by atoms with Crippen LogP contribution in [0, 0.1) is 0 Å². The summed E-state index contributed by atoms with van der Waals surface area (Å²) in [6, 6.07) is 21.6. The number of ether oxygens (including phenoxy) is 14. The van der Waals surface area contributed by atoms with Gasteiger partial charge < -0.3 is 108 Å². The first-order valence-electron chi connectivity index (χ1n) is 28.1. The van der Waals surface area contributed by atoms with Gasteiger partial charge in [0.05, 0.1) is 198 Å². The van der Waals surface area contributed by atoms with Gasteiger partial charge in [-0.2, -0.15) is 0 Å². The molecule has 8 N–H and O–H groups in total. The molecule has 80 heavy (non-hydrogen) atoms. The Kier molecular flexibility index (Phi) is 58.1. The number of unbranched alkanes of at least 4 members (excludes halogenated alkanes) is 2. The van der Waals surface area contributed by atoms with Crippen molar-refractivity contribution in [3.8, 4) is 0 Å². The van der Waals surface area contributed by atoms with Crippen LogP contribution in [0.3, 0.4) is 0 Å². The van der Waals surface area contributed by atoms with Crippen molar-refractivity contribution in [2.75, 3.05) is 248 Å². The van der Waals surface area contributed by atoms with E-state index in [1.807, 2.05) is 0 Å². The number of nitrogens with one attached hydrogen (secondary N) is 2. The summed E-state index contributed by atoms with van der Waals surface area (Å²) >= 11 is 1.77. The molecule has 2 aromatic carbocycles. The molecule has 0 saturated carbocycles. The SMILES string of the molecule is OCCOCCCCOCCOCCO.OCCOCCCCOCCOCCO.OCCOCCOCCOCCOCCNc1ccc(C(c2ccc(NCCOCCOCCOCCOCCO)cc2)c2cccs2)cc1. The van der Waals surface area contributed by atoms with Crippen LogP contribution in [0.2, 0.25) is 0 Å². The Morgan fingerprint density at radius 2 is 0.525 bits per heavy atom. The summed E-state index contributed by atoms with van der Waals surface area (Å²) < 4.78 is 74.2. The van der Waals surface area contributed by atoms with Crippen molar-refractivity contribution >= 4 is 22.7 Å². The molecule has 3 aromatic rings. The van der Waals surface area contributed by atoms with Crippen molar-refractivity contribution in [3.63, 3.8) is 0 Å². The molecule has 0 aliphatic heterocycles. The summed E-state index contributed by atoms with van der Waals surface area (Å²) in [5.41, 5.74) is 4.58. The van der Waals surface area contributed by atoms with Gasteiger partial charge >= 0.3 is 0 Å². The van der Waals surface area contributed by atoms with E-state index in [0.29, 0.717) is 198 Å². The molecular formula is C57H100N2O20S. The van der Waals surface area contributed by atoms with Gasteiger partial charge in [-0.3, -0.25) is 0 Å². The van der Waals surface area contributed by atoms with Crippen molar-refractivity contribution in [1.29, 1.82) is 0 Å². The van der Waals surface area contributed by atoms with Crippen molar-refractivity contribution in [2.45, 2.75) is 31.6 Å². The highest BCUT2D eigenvalue weighted by molar-refractivity contribution is 7.10. The second-order valence-corrected chi connectivity index (χ2v) is 17.9. The molecule has 0 radical (unpaired) electrons. The lowest BCUT2D eigenvalue weighted by molar-refractivity contribution is -0.00463. The molecule has 0 amide bonds. The van der Waals surface area contributed by atoms with Gasteiger partial charge in [-0.25, -0.2) is 0 Å². The van der Waals surface area contributed by atoms with E-state index >= 15 is 0 Å². The molecule has 464 valence electrons. The molecule has 23 heteroatoms. The molecular weight excluding hydrogens is 1060 g/mol. The average molecular weight is 1170 g/mol. The van der Waals surface area contributed by atoms with Crippen LogP contribution in [0.4, 0.5) is 11.4 Å². The van der Waals surface area contributed by atoms with Crippen molar-refractivity contribution in [3.05, 3.63) is 82.0 Å². The molecule has 0 unspecified atom stereocenters. The minimum absolute atomic E-state index is 0.0261. The van der Waals surface area contributed by atoms with Crippen molar-refractivity contribution < 1.29 is 97.0 Å². The third-order valence-corrected chi connectivity index (χ3v) is 11.4. The second-order valence-electron chi connectivity index (χ2n) is 16.9. The van der Waals surface area contributed by atoms with Gasteiger partial charge in [0, 0.05) is 61.7 Å². The predicted molar refractivity (Wildman–Crippen MR) is 308 cm³/mol. The van der Waals surface area contributed by atoms with Gasteiger partial charge in [0.15, 0.2) is 0 Å². The minimum Gasteiger partial charge on any atom is -0.394 e. The molecule has 3 rings (SSSR count). The van der Waals surface area contributed by atoms with Gasteiger partial charge in [0.1, 0.15) is 0 Å². The number of anilines is 2. The van der Waals surface area contributed by atoms with E-state index in [4.69, 9.17) is 97.0 Å². The normalized spacial score (nSPS) is 11.2.